The summed E-state index contributed by atoms with van der Waals surface area (Å²) in [6, 6.07) is 3.67. The Bertz CT molecular complexity index is 581. The van der Waals surface area contributed by atoms with Crippen molar-refractivity contribution in [2.24, 2.45) is 0 Å². The van der Waals surface area contributed by atoms with Gasteiger partial charge in [-0.2, -0.15) is 0 Å². The van der Waals surface area contributed by atoms with Gasteiger partial charge in [0.15, 0.2) is 5.95 Å². The minimum atomic E-state index is 0.271. The molecule has 0 radical (unpaired) electrons. The van der Waals surface area contributed by atoms with E-state index in [2.05, 4.69) is 9.97 Å². The van der Waals surface area contributed by atoms with Gasteiger partial charge >= 0.3 is 0 Å². The summed E-state index contributed by atoms with van der Waals surface area (Å²) in [4.78, 5) is 6.93. The van der Waals surface area contributed by atoms with Gasteiger partial charge in [-0.05, 0) is 18.6 Å². The van der Waals surface area contributed by atoms with Crippen LogP contribution < -0.4 is 15.2 Å². The number of halogens is 1. The van der Waals surface area contributed by atoms with Crippen LogP contribution in [0.4, 0.5) is 5.95 Å². The minimum absolute atomic E-state index is 0.271. The van der Waals surface area contributed by atoms with Gasteiger partial charge in [0.25, 0.3) is 0 Å². The maximum Gasteiger partial charge on any atom is 0.199 e. The first kappa shape index (κ1) is 12.6. The topological polar surface area (TPSA) is 73.2 Å². The van der Waals surface area contributed by atoms with Crippen molar-refractivity contribution in [3.05, 3.63) is 22.8 Å². The van der Waals surface area contributed by atoms with Crippen LogP contribution in [0.15, 0.2) is 12.1 Å². The van der Waals surface area contributed by atoms with Gasteiger partial charge in [0.2, 0.25) is 0 Å². The van der Waals surface area contributed by atoms with Crippen molar-refractivity contribution in [1.29, 1.82) is 0 Å². The number of nitrogens with two attached hydrogens (primary N) is 1. The predicted octanol–water partition coefficient (Wildman–Crippen LogP) is 2.64. The lowest BCUT2D eigenvalue weighted by molar-refractivity contribution is 0.395. The van der Waals surface area contributed by atoms with E-state index in [0.29, 0.717) is 22.3 Å². The summed E-state index contributed by atoms with van der Waals surface area (Å²) in [6.07, 6.45) is 0. The molecule has 1 heterocycles. The molecule has 0 unspecified atom stereocenters. The van der Waals surface area contributed by atoms with E-state index in [-0.39, 0.29) is 5.95 Å². The molecule has 0 atom stereocenters. The first-order chi connectivity index (χ1) is 8.56. The molecule has 2 aromatic rings. The lowest BCUT2D eigenvalue weighted by Gasteiger charge is -2.12. The van der Waals surface area contributed by atoms with E-state index in [0.717, 1.165) is 11.1 Å². The molecule has 1 aromatic carbocycles. The van der Waals surface area contributed by atoms with E-state index in [4.69, 9.17) is 26.8 Å². The number of aromatic amines is 1. The zero-order valence-electron chi connectivity index (χ0n) is 10.4. The molecule has 18 heavy (non-hydrogen) atoms. The first-order valence-corrected chi connectivity index (χ1v) is 5.68. The van der Waals surface area contributed by atoms with E-state index < -0.39 is 0 Å². The van der Waals surface area contributed by atoms with E-state index >= 15 is 0 Å². The van der Waals surface area contributed by atoms with Crippen LogP contribution in [0.1, 0.15) is 5.56 Å². The van der Waals surface area contributed by atoms with Crippen molar-refractivity contribution >= 4 is 17.5 Å². The number of aromatic nitrogens is 2. The second kappa shape index (κ2) is 4.78. The molecule has 1 aromatic heterocycles. The van der Waals surface area contributed by atoms with Crippen LogP contribution >= 0.6 is 11.6 Å². The maximum absolute atomic E-state index is 6.07. The number of H-pyrrole nitrogens is 1. The van der Waals surface area contributed by atoms with Crippen LogP contribution in [0.5, 0.6) is 11.5 Å². The molecule has 0 amide bonds. The number of hydrogen-bond donors (Lipinski definition) is 2. The molecular formula is C12H14ClN3O2. The van der Waals surface area contributed by atoms with Gasteiger partial charge in [-0.25, -0.2) is 4.98 Å². The number of nitrogen functional groups attached to an aromatic ring is 1. The average molecular weight is 268 g/mol. The number of ether oxygens (including phenoxy) is 2. The molecule has 0 aliphatic carbocycles. The quantitative estimate of drug-likeness (QED) is 0.897. The van der Waals surface area contributed by atoms with E-state index in [1.54, 1.807) is 20.3 Å². The summed E-state index contributed by atoms with van der Waals surface area (Å²) in [7, 11) is 3.19. The average Bonchev–Trinajstić information content (AvgIpc) is 2.67. The van der Waals surface area contributed by atoms with Gasteiger partial charge in [0.05, 0.1) is 14.2 Å². The van der Waals surface area contributed by atoms with Crippen LogP contribution in [-0.2, 0) is 0 Å². The summed E-state index contributed by atoms with van der Waals surface area (Å²) in [5, 5.41) is 0.388. The van der Waals surface area contributed by atoms with Crippen LogP contribution in [-0.4, -0.2) is 24.2 Å². The number of nitrogens with zero attached hydrogens (tertiary/aromatic N) is 1. The van der Waals surface area contributed by atoms with E-state index in [1.807, 2.05) is 13.0 Å². The van der Waals surface area contributed by atoms with Crippen molar-refractivity contribution in [1.82, 2.24) is 9.97 Å². The number of anilines is 1. The number of imidazole rings is 1. The fraction of sp³-hybridized carbons (Fsp3) is 0.250. The third-order valence-corrected chi connectivity index (χ3v) is 2.92. The highest BCUT2D eigenvalue weighted by molar-refractivity contribution is 6.32. The monoisotopic (exact) mass is 267 g/mol. The minimum Gasteiger partial charge on any atom is -0.497 e. The molecule has 5 nitrogen and oxygen atoms in total. The SMILES string of the molecule is COc1cc(C)c(-c2nc(N)[nH]c2Cl)c(OC)c1. The smallest absolute Gasteiger partial charge is 0.199 e. The number of hydrogen-bond acceptors (Lipinski definition) is 4. The second-order valence-corrected chi connectivity index (χ2v) is 4.18. The molecule has 0 aliphatic rings. The van der Waals surface area contributed by atoms with E-state index in [9.17, 15) is 0 Å². The van der Waals surface area contributed by atoms with Gasteiger partial charge in [-0.3, -0.25) is 0 Å². The van der Waals surface area contributed by atoms with Gasteiger partial charge < -0.3 is 20.2 Å². The fourth-order valence-corrected chi connectivity index (χ4v) is 2.07. The maximum atomic E-state index is 6.07. The molecule has 0 spiro atoms. The van der Waals surface area contributed by atoms with Gasteiger partial charge in [-0.15, -0.1) is 0 Å². The number of aryl methyl sites for hydroxylation is 1. The molecule has 0 fully saturated rings. The van der Waals surface area contributed by atoms with Crippen LogP contribution in [0.25, 0.3) is 11.3 Å². The molecule has 0 aliphatic heterocycles. The Balaban J connectivity index is 2.66. The Kier molecular flexibility index (Phi) is 3.34. The van der Waals surface area contributed by atoms with Crippen molar-refractivity contribution in [3.8, 4) is 22.8 Å². The summed E-state index contributed by atoms with van der Waals surface area (Å²) >= 11 is 6.07. The summed E-state index contributed by atoms with van der Waals surface area (Å²) in [6.45, 7) is 1.93. The second-order valence-electron chi connectivity index (χ2n) is 3.81. The molecule has 96 valence electrons. The summed E-state index contributed by atoms with van der Waals surface area (Å²) in [5.74, 6) is 1.63. The lowest BCUT2D eigenvalue weighted by Crippen LogP contribution is -1.94. The number of nitrogens with one attached hydrogen (secondary N) is 1. The highest BCUT2D eigenvalue weighted by Gasteiger charge is 2.17. The predicted molar refractivity (Wildman–Crippen MR) is 71.3 cm³/mol. The van der Waals surface area contributed by atoms with Gasteiger partial charge in [0, 0.05) is 11.6 Å². The molecule has 6 heteroatoms. The Labute approximate surface area is 110 Å². The molecule has 2 rings (SSSR count). The normalized spacial score (nSPS) is 10.4. The molecule has 0 bridgehead atoms. The standard InChI is InChI=1S/C12H14ClN3O2/c1-6-4-7(17-2)5-8(18-3)9(6)10-11(13)16-12(14)15-10/h4-5H,1-3H3,(H3,14,15,16). The Morgan fingerprint density at radius 1 is 1.28 bits per heavy atom. The molecule has 0 saturated heterocycles. The zero-order valence-corrected chi connectivity index (χ0v) is 11.1. The first-order valence-electron chi connectivity index (χ1n) is 5.30. The van der Waals surface area contributed by atoms with E-state index in [1.165, 1.54) is 0 Å². The Morgan fingerprint density at radius 3 is 2.50 bits per heavy atom. The highest BCUT2D eigenvalue weighted by atomic mass is 35.5. The van der Waals surface area contributed by atoms with Crippen LogP contribution in [0, 0.1) is 6.92 Å². The van der Waals surface area contributed by atoms with Crippen molar-refractivity contribution < 1.29 is 9.47 Å². The highest BCUT2D eigenvalue weighted by Crippen LogP contribution is 2.38. The van der Waals surface area contributed by atoms with Gasteiger partial charge in [-0.1, -0.05) is 11.6 Å². The van der Waals surface area contributed by atoms with Gasteiger partial charge in [0.1, 0.15) is 22.3 Å². The number of rotatable bonds is 3. The fourth-order valence-electron chi connectivity index (χ4n) is 1.84. The van der Waals surface area contributed by atoms with Crippen molar-refractivity contribution in [3.63, 3.8) is 0 Å². The number of benzene rings is 1. The van der Waals surface area contributed by atoms with Crippen molar-refractivity contribution in [2.45, 2.75) is 6.92 Å². The zero-order chi connectivity index (χ0) is 13.3. The molecule has 0 saturated carbocycles. The van der Waals surface area contributed by atoms with Crippen LogP contribution in [0.2, 0.25) is 5.15 Å². The third kappa shape index (κ3) is 2.09. The summed E-state index contributed by atoms with van der Waals surface area (Å²) in [5.41, 5.74) is 7.92. The van der Waals surface area contributed by atoms with Crippen molar-refractivity contribution in [2.75, 3.05) is 20.0 Å². The molecule has 3 N–H and O–H groups in total. The Morgan fingerprint density at radius 2 is 2.00 bits per heavy atom. The summed E-state index contributed by atoms with van der Waals surface area (Å²) < 4.78 is 10.6. The molecular weight excluding hydrogens is 254 g/mol. The largest absolute Gasteiger partial charge is 0.497 e. The number of methoxy groups -OCH3 is 2. The van der Waals surface area contributed by atoms with Crippen LogP contribution in [0.3, 0.4) is 0 Å². The lowest BCUT2D eigenvalue weighted by atomic mass is 10.0. The third-order valence-electron chi connectivity index (χ3n) is 2.64. The Hall–Kier alpha value is -1.88.